The van der Waals surface area contributed by atoms with Crippen LogP contribution in [0.15, 0.2) is 30.5 Å². The average Bonchev–Trinajstić information content (AvgIpc) is 2.50. The molecule has 106 valence electrons. The molecule has 0 aliphatic heterocycles. The van der Waals surface area contributed by atoms with Gasteiger partial charge in [-0.1, -0.05) is 12.1 Å². The molecular formula is C14H17N3O3. The summed E-state index contributed by atoms with van der Waals surface area (Å²) in [5.41, 5.74) is 1.77. The lowest BCUT2D eigenvalue weighted by Gasteiger charge is -2.05. The molecule has 0 saturated heterocycles. The summed E-state index contributed by atoms with van der Waals surface area (Å²) in [7, 11) is 0. The van der Waals surface area contributed by atoms with Crippen LogP contribution in [0.1, 0.15) is 16.9 Å². The van der Waals surface area contributed by atoms with Crippen molar-refractivity contribution in [1.82, 2.24) is 15.3 Å². The lowest BCUT2D eigenvalue weighted by molar-refractivity contribution is 0.0865. The molecule has 1 aromatic carbocycles. The summed E-state index contributed by atoms with van der Waals surface area (Å²) in [5.74, 6) is -0.245. The van der Waals surface area contributed by atoms with Gasteiger partial charge >= 0.3 is 0 Å². The molecule has 2 N–H and O–H groups in total. The molecule has 0 spiro atoms. The van der Waals surface area contributed by atoms with Crippen molar-refractivity contribution >= 4 is 16.9 Å². The topological polar surface area (TPSA) is 84.3 Å². The molecule has 0 atom stereocenters. The number of nitrogens with one attached hydrogen (secondary N) is 1. The molecule has 2 aromatic rings. The van der Waals surface area contributed by atoms with Gasteiger partial charge in [0.15, 0.2) is 0 Å². The van der Waals surface area contributed by atoms with Crippen LogP contribution in [0.25, 0.3) is 11.0 Å². The Morgan fingerprint density at radius 1 is 1.25 bits per heavy atom. The Bertz CT molecular complexity index is 574. The van der Waals surface area contributed by atoms with E-state index in [0.717, 1.165) is 5.52 Å². The fourth-order valence-electron chi connectivity index (χ4n) is 1.70. The van der Waals surface area contributed by atoms with Crippen molar-refractivity contribution in [2.75, 3.05) is 26.4 Å². The number of hydrogen-bond donors (Lipinski definition) is 2. The van der Waals surface area contributed by atoms with E-state index < -0.39 is 0 Å². The van der Waals surface area contributed by atoms with Crippen LogP contribution in [0.4, 0.5) is 0 Å². The number of aliphatic hydroxyl groups excluding tert-OH is 1. The maximum absolute atomic E-state index is 11.9. The van der Waals surface area contributed by atoms with E-state index in [0.29, 0.717) is 37.4 Å². The first-order valence-corrected chi connectivity index (χ1v) is 6.50. The zero-order valence-corrected chi connectivity index (χ0v) is 11.1. The Kier molecular flexibility index (Phi) is 5.40. The van der Waals surface area contributed by atoms with Crippen molar-refractivity contribution in [3.8, 4) is 0 Å². The van der Waals surface area contributed by atoms with E-state index in [2.05, 4.69) is 15.3 Å². The minimum Gasteiger partial charge on any atom is -0.394 e. The number of benzene rings is 1. The van der Waals surface area contributed by atoms with E-state index in [4.69, 9.17) is 9.84 Å². The fourth-order valence-corrected chi connectivity index (χ4v) is 1.70. The number of hydrogen-bond acceptors (Lipinski definition) is 5. The third kappa shape index (κ3) is 3.97. The van der Waals surface area contributed by atoms with E-state index >= 15 is 0 Å². The molecule has 0 bridgehead atoms. The van der Waals surface area contributed by atoms with Crippen LogP contribution in [-0.2, 0) is 4.74 Å². The van der Waals surface area contributed by atoms with Gasteiger partial charge in [0.2, 0.25) is 0 Å². The number of aromatic nitrogens is 2. The second-order valence-electron chi connectivity index (χ2n) is 4.19. The van der Waals surface area contributed by atoms with Crippen LogP contribution in [0.3, 0.4) is 0 Å². The molecule has 0 fully saturated rings. The Morgan fingerprint density at radius 2 is 2.05 bits per heavy atom. The quantitative estimate of drug-likeness (QED) is 0.729. The molecule has 6 heteroatoms. The smallest absolute Gasteiger partial charge is 0.271 e. The molecule has 20 heavy (non-hydrogen) atoms. The number of aliphatic hydroxyl groups is 1. The zero-order chi connectivity index (χ0) is 14.2. The van der Waals surface area contributed by atoms with Gasteiger partial charge in [0, 0.05) is 13.2 Å². The largest absolute Gasteiger partial charge is 0.394 e. The van der Waals surface area contributed by atoms with Gasteiger partial charge in [-0.2, -0.15) is 0 Å². The average molecular weight is 275 g/mol. The van der Waals surface area contributed by atoms with Gasteiger partial charge in [-0.25, -0.2) is 4.98 Å². The second-order valence-corrected chi connectivity index (χ2v) is 4.19. The molecule has 1 aromatic heterocycles. The molecule has 1 amide bonds. The molecule has 1 heterocycles. The number of fused-ring (bicyclic) bond motifs is 1. The Morgan fingerprint density at radius 3 is 2.85 bits per heavy atom. The van der Waals surface area contributed by atoms with Crippen molar-refractivity contribution in [3.63, 3.8) is 0 Å². The van der Waals surface area contributed by atoms with Crippen molar-refractivity contribution in [3.05, 3.63) is 36.2 Å². The summed E-state index contributed by atoms with van der Waals surface area (Å²) in [5, 5.41) is 11.3. The summed E-state index contributed by atoms with van der Waals surface area (Å²) in [4.78, 5) is 20.3. The predicted octanol–water partition coefficient (Wildman–Crippen LogP) is 0.759. The third-order valence-corrected chi connectivity index (χ3v) is 2.67. The number of rotatable bonds is 7. The highest BCUT2D eigenvalue weighted by Gasteiger charge is 2.08. The van der Waals surface area contributed by atoms with Gasteiger partial charge < -0.3 is 15.2 Å². The standard InChI is InChI=1S/C14H17N3O3/c18-7-9-20-8-3-6-15-14(19)13-10-16-11-4-1-2-5-12(11)17-13/h1-2,4-5,10,18H,3,6-9H2,(H,15,19). The lowest BCUT2D eigenvalue weighted by atomic mass is 10.3. The van der Waals surface area contributed by atoms with Crippen LogP contribution in [-0.4, -0.2) is 47.3 Å². The molecule has 0 aliphatic rings. The van der Waals surface area contributed by atoms with Crippen molar-refractivity contribution < 1.29 is 14.6 Å². The van der Waals surface area contributed by atoms with Gasteiger partial charge in [0.05, 0.1) is 30.4 Å². The number of carbonyl (C=O) groups is 1. The molecule has 0 saturated carbocycles. The normalized spacial score (nSPS) is 10.7. The van der Waals surface area contributed by atoms with Gasteiger partial charge in [-0.3, -0.25) is 9.78 Å². The van der Waals surface area contributed by atoms with Crippen LogP contribution in [0.5, 0.6) is 0 Å². The van der Waals surface area contributed by atoms with E-state index in [1.807, 2.05) is 24.3 Å². The highest BCUT2D eigenvalue weighted by atomic mass is 16.5. The SMILES string of the molecule is O=C(NCCCOCCO)c1cnc2ccccc2n1. The van der Waals surface area contributed by atoms with Gasteiger partial charge in [-0.15, -0.1) is 0 Å². The Hall–Kier alpha value is -2.05. The van der Waals surface area contributed by atoms with E-state index in [1.165, 1.54) is 6.20 Å². The monoisotopic (exact) mass is 275 g/mol. The Balaban J connectivity index is 1.84. The number of ether oxygens (including phenoxy) is 1. The third-order valence-electron chi connectivity index (χ3n) is 2.67. The van der Waals surface area contributed by atoms with E-state index in [9.17, 15) is 4.79 Å². The first-order chi connectivity index (χ1) is 9.81. The van der Waals surface area contributed by atoms with Gasteiger partial charge in [-0.05, 0) is 18.6 Å². The molecule has 0 radical (unpaired) electrons. The van der Waals surface area contributed by atoms with Gasteiger partial charge in [0.1, 0.15) is 5.69 Å². The summed E-state index contributed by atoms with van der Waals surface area (Å²) >= 11 is 0. The number of amides is 1. The lowest BCUT2D eigenvalue weighted by Crippen LogP contribution is -2.26. The van der Waals surface area contributed by atoms with Crippen molar-refractivity contribution in [2.45, 2.75) is 6.42 Å². The summed E-state index contributed by atoms with van der Waals surface area (Å²) in [6, 6.07) is 7.41. The van der Waals surface area contributed by atoms with Crippen molar-refractivity contribution in [1.29, 1.82) is 0 Å². The maximum atomic E-state index is 11.9. The number of carbonyl (C=O) groups excluding carboxylic acids is 1. The summed E-state index contributed by atoms with van der Waals surface area (Å²) in [6.07, 6.45) is 2.16. The van der Waals surface area contributed by atoms with E-state index in [1.54, 1.807) is 0 Å². The van der Waals surface area contributed by atoms with Crippen LogP contribution >= 0.6 is 0 Å². The maximum Gasteiger partial charge on any atom is 0.271 e. The Labute approximate surface area is 116 Å². The zero-order valence-electron chi connectivity index (χ0n) is 11.1. The minimum atomic E-state index is -0.245. The molecule has 2 rings (SSSR count). The highest BCUT2D eigenvalue weighted by molar-refractivity contribution is 5.93. The number of para-hydroxylation sites is 2. The molecule has 0 unspecified atom stereocenters. The van der Waals surface area contributed by atoms with Crippen LogP contribution in [0, 0.1) is 0 Å². The summed E-state index contributed by atoms with van der Waals surface area (Å²) < 4.78 is 5.10. The molecule has 6 nitrogen and oxygen atoms in total. The van der Waals surface area contributed by atoms with Crippen LogP contribution in [0.2, 0.25) is 0 Å². The first kappa shape index (κ1) is 14.4. The first-order valence-electron chi connectivity index (χ1n) is 6.50. The summed E-state index contributed by atoms with van der Waals surface area (Å²) in [6.45, 7) is 1.34. The highest BCUT2D eigenvalue weighted by Crippen LogP contribution is 2.08. The van der Waals surface area contributed by atoms with Gasteiger partial charge in [0.25, 0.3) is 5.91 Å². The molecule has 0 aliphatic carbocycles. The van der Waals surface area contributed by atoms with Crippen molar-refractivity contribution in [2.24, 2.45) is 0 Å². The second kappa shape index (κ2) is 7.52. The van der Waals surface area contributed by atoms with E-state index in [-0.39, 0.29) is 12.5 Å². The minimum absolute atomic E-state index is 0.0129. The predicted molar refractivity (Wildman–Crippen MR) is 74.4 cm³/mol. The van der Waals surface area contributed by atoms with Crippen LogP contribution < -0.4 is 5.32 Å². The molecular weight excluding hydrogens is 258 g/mol. The fraction of sp³-hybridized carbons (Fsp3) is 0.357. The number of nitrogens with zero attached hydrogens (tertiary/aromatic N) is 2.